The number of nitrogens with zero attached hydrogens (tertiary/aromatic N) is 3. The fourth-order valence-electron chi connectivity index (χ4n) is 1.99. The van der Waals surface area contributed by atoms with E-state index in [1.807, 2.05) is 20.8 Å². The second kappa shape index (κ2) is 11.9. The second-order valence-electron chi connectivity index (χ2n) is 5.54. The van der Waals surface area contributed by atoms with E-state index < -0.39 is 12.7 Å². The van der Waals surface area contributed by atoms with Gasteiger partial charge in [0.2, 0.25) is 0 Å². The molecule has 0 fully saturated rings. The molecule has 1 aromatic heterocycles. The van der Waals surface area contributed by atoms with Gasteiger partial charge in [-0.15, -0.1) is 35.3 Å². The summed E-state index contributed by atoms with van der Waals surface area (Å²) in [7, 11) is 1.44. The van der Waals surface area contributed by atoms with E-state index in [1.54, 1.807) is 11.3 Å². The minimum absolute atomic E-state index is 0. The first-order valence-electron chi connectivity index (χ1n) is 7.91. The van der Waals surface area contributed by atoms with Crippen LogP contribution >= 0.6 is 35.3 Å². The van der Waals surface area contributed by atoms with Crippen molar-refractivity contribution in [2.75, 3.05) is 39.8 Å². The molecule has 0 amide bonds. The van der Waals surface area contributed by atoms with Crippen LogP contribution in [-0.2, 0) is 6.42 Å². The Morgan fingerprint density at radius 2 is 1.96 bits per heavy atom. The number of likely N-dealkylation sites (N-methyl/N-ethyl adjacent to an activating group) is 1. The van der Waals surface area contributed by atoms with E-state index in [2.05, 4.69) is 20.6 Å². The quantitative estimate of drug-likeness (QED) is 0.332. The fourth-order valence-corrected chi connectivity index (χ4v) is 2.93. The van der Waals surface area contributed by atoms with E-state index in [0.717, 1.165) is 17.1 Å². The van der Waals surface area contributed by atoms with Gasteiger partial charge in [-0.25, -0.2) is 4.98 Å². The number of hydrogen-bond donors (Lipinski definition) is 2. The lowest BCUT2D eigenvalue weighted by Gasteiger charge is -2.17. The van der Waals surface area contributed by atoms with Gasteiger partial charge in [0.15, 0.2) is 5.96 Å². The van der Waals surface area contributed by atoms with Crippen LogP contribution in [0.4, 0.5) is 13.2 Å². The largest absolute Gasteiger partial charge is 0.401 e. The number of aryl methyl sites for hydroxylation is 2. The van der Waals surface area contributed by atoms with Crippen molar-refractivity contribution in [3.8, 4) is 0 Å². The van der Waals surface area contributed by atoms with Crippen molar-refractivity contribution in [2.45, 2.75) is 33.4 Å². The maximum atomic E-state index is 12.3. The molecule has 0 unspecified atom stereocenters. The molecule has 1 rings (SSSR count). The molecule has 146 valence electrons. The molecule has 0 spiro atoms. The van der Waals surface area contributed by atoms with Gasteiger partial charge >= 0.3 is 6.18 Å². The van der Waals surface area contributed by atoms with E-state index in [9.17, 15) is 13.2 Å². The zero-order valence-electron chi connectivity index (χ0n) is 15.0. The number of guanidine groups is 1. The number of nitrogens with one attached hydrogen (secondary N) is 2. The van der Waals surface area contributed by atoms with Crippen LogP contribution in [0.1, 0.15) is 22.5 Å². The van der Waals surface area contributed by atoms with Crippen molar-refractivity contribution >= 4 is 41.3 Å². The average Bonchev–Trinajstić information content (AvgIpc) is 2.75. The number of alkyl halides is 3. The van der Waals surface area contributed by atoms with Crippen LogP contribution in [-0.4, -0.2) is 61.8 Å². The number of rotatable bonds is 8. The van der Waals surface area contributed by atoms with Crippen LogP contribution in [0.25, 0.3) is 0 Å². The Kier molecular flexibility index (Phi) is 11.6. The van der Waals surface area contributed by atoms with E-state index in [-0.39, 0.29) is 30.5 Å². The van der Waals surface area contributed by atoms with Gasteiger partial charge in [0, 0.05) is 30.9 Å². The van der Waals surface area contributed by atoms with Crippen molar-refractivity contribution in [2.24, 2.45) is 4.99 Å². The first kappa shape index (κ1) is 24.4. The topological polar surface area (TPSA) is 52.6 Å². The molecular weight excluding hydrogens is 466 g/mol. The minimum atomic E-state index is -4.18. The number of hydrogen-bond acceptors (Lipinski definition) is 4. The first-order valence-corrected chi connectivity index (χ1v) is 8.73. The molecule has 0 radical (unpaired) electrons. The molecule has 0 saturated carbocycles. The fraction of sp³-hybridized carbons (Fsp3) is 0.733. The molecule has 5 nitrogen and oxygen atoms in total. The normalized spacial score (nSPS) is 12.2. The SMILES string of the molecule is CCNC(=NCCN(C)CC(F)(F)F)NCCc1nc(C)c(C)s1.I. The smallest absolute Gasteiger partial charge is 0.357 e. The lowest BCUT2D eigenvalue weighted by Crippen LogP contribution is -2.39. The summed E-state index contributed by atoms with van der Waals surface area (Å²) in [4.78, 5) is 11.2. The average molecular weight is 493 g/mol. The van der Waals surface area contributed by atoms with Crippen LogP contribution in [0, 0.1) is 13.8 Å². The van der Waals surface area contributed by atoms with Gasteiger partial charge in [0.1, 0.15) is 0 Å². The highest BCUT2D eigenvalue weighted by atomic mass is 127. The van der Waals surface area contributed by atoms with E-state index in [1.165, 1.54) is 16.8 Å². The molecule has 2 N–H and O–H groups in total. The maximum Gasteiger partial charge on any atom is 0.401 e. The summed E-state index contributed by atoms with van der Waals surface area (Å²) in [6, 6.07) is 0. The van der Waals surface area contributed by atoms with E-state index >= 15 is 0 Å². The summed E-state index contributed by atoms with van der Waals surface area (Å²) in [6.07, 6.45) is -3.39. The van der Waals surface area contributed by atoms with Crippen molar-refractivity contribution < 1.29 is 13.2 Å². The Hall–Kier alpha value is -0.620. The summed E-state index contributed by atoms with van der Waals surface area (Å²) in [6.45, 7) is 6.99. The number of halogens is 4. The molecule has 0 aromatic carbocycles. The molecule has 0 atom stereocenters. The van der Waals surface area contributed by atoms with E-state index in [4.69, 9.17) is 0 Å². The number of aliphatic imine (C=N–C) groups is 1. The summed E-state index contributed by atoms with van der Waals surface area (Å²) in [5.41, 5.74) is 1.06. The van der Waals surface area contributed by atoms with Crippen molar-refractivity contribution in [1.82, 2.24) is 20.5 Å². The summed E-state index contributed by atoms with van der Waals surface area (Å²) >= 11 is 1.68. The summed E-state index contributed by atoms with van der Waals surface area (Å²) in [5.74, 6) is 0.614. The van der Waals surface area contributed by atoms with Crippen LogP contribution in [0.15, 0.2) is 4.99 Å². The Morgan fingerprint density at radius 3 is 2.48 bits per heavy atom. The van der Waals surface area contributed by atoms with Crippen LogP contribution in [0.5, 0.6) is 0 Å². The molecule has 0 saturated heterocycles. The first-order chi connectivity index (χ1) is 11.2. The van der Waals surface area contributed by atoms with E-state index in [0.29, 0.717) is 25.6 Å². The second-order valence-corrected chi connectivity index (χ2v) is 6.83. The van der Waals surface area contributed by atoms with Crippen molar-refractivity contribution in [1.29, 1.82) is 0 Å². The van der Waals surface area contributed by atoms with Gasteiger partial charge in [-0.05, 0) is 27.8 Å². The monoisotopic (exact) mass is 493 g/mol. The minimum Gasteiger partial charge on any atom is -0.357 e. The summed E-state index contributed by atoms with van der Waals surface area (Å²) < 4.78 is 36.8. The molecule has 0 bridgehead atoms. The zero-order valence-corrected chi connectivity index (χ0v) is 18.2. The van der Waals surface area contributed by atoms with Crippen LogP contribution in [0.2, 0.25) is 0 Å². The standard InChI is InChI=1S/C15H26F3N5S.HI/c1-5-19-14(21-8-9-23(4)10-15(16,17)18)20-7-6-13-22-11(2)12(3)24-13;/h5-10H2,1-4H3,(H2,19,20,21);1H. The summed E-state index contributed by atoms with van der Waals surface area (Å²) in [5, 5.41) is 7.34. The molecule has 0 aliphatic rings. The third kappa shape index (κ3) is 10.9. The lowest BCUT2D eigenvalue weighted by molar-refractivity contribution is -0.142. The van der Waals surface area contributed by atoms with Crippen LogP contribution in [0.3, 0.4) is 0 Å². The van der Waals surface area contributed by atoms with Gasteiger partial charge < -0.3 is 10.6 Å². The highest BCUT2D eigenvalue weighted by Gasteiger charge is 2.28. The van der Waals surface area contributed by atoms with Crippen molar-refractivity contribution in [3.63, 3.8) is 0 Å². The molecule has 25 heavy (non-hydrogen) atoms. The number of thiazole rings is 1. The van der Waals surface area contributed by atoms with Gasteiger partial charge in [-0.1, -0.05) is 0 Å². The van der Waals surface area contributed by atoms with Crippen molar-refractivity contribution in [3.05, 3.63) is 15.6 Å². The maximum absolute atomic E-state index is 12.3. The third-order valence-electron chi connectivity index (χ3n) is 3.25. The predicted molar refractivity (Wildman–Crippen MR) is 108 cm³/mol. The third-order valence-corrected chi connectivity index (χ3v) is 4.38. The molecule has 10 heteroatoms. The molecule has 1 heterocycles. The molecule has 1 aromatic rings. The van der Waals surface area contributed by atoms with Gasteiger partial charge in [-0.2, -0.15) is 13.2 Å². The predicted octanol–water partition coefficient (Wildman–Crippen LogP) is 2.97. The van der Waals surface area contributed by atoms with Gasteiger partial charge in [0.05, 0.1) is 23.8 Å². The Labute approximate surface area is 168 Å². The Bertz CT molecular complexity index is 514. The highest BCUT2D eigenvalue weighted by molar-refractivity contribution is 14.0. The Balaban J connectivity index is 0.00000576. The van der Waals surface area contributed by atoms with Gasteiger partial charge in [-0.3, -0.25) is 9.89 Å². The van der Waals surface area contributed by atoms with Gasteiger partial charge in [0.25, 0.3) is 0 Å². The number of aromatic nitrogens is 1. The lowest BCUT2D eigenvalue weighted by atomic mass is 10.4. The molecular formula is C15H27F3IN5S. The molecule has 0 aliphatic heterocycles. The molecule has 0 aliphatic carbocycles. The highest BCUT2D eigenvalue weighted by Crippen LogP contribution is 2.16. The Morgan fingerprint density at radius 1 is 1.28 bits per heavy atom. The zero-order chi connectivity index (χ0) is 18.2. The van der Waals surface area contributed by atoms with Crippen LogP contribution < -0.4 is 10.6 Å².